The second-order valence-corrected chi connectivity index (χ2v) is 7.26. The lowest BCUT2D eigenvalue weighted by molar-refractivity contribution is 0.0997. The number of nitrogens with one attached hydrogen (secondary N) is 2. The first-order valence-corrected chi connectivity index (χ1v) is 9.68. The van der Waals surface area contributed by atoms with Crippen molar-refractivity contribution < 1.29 is 18.7 Å². The van der Waals surface area contributed by atoms with Crippen LogP contribution in [0.3, 0.4) is 0 Å². The summed E-state index contributed by atoms with van der Waals surface area (Å²) in [6, 6.07) is 8.25. The van der Waals surface area contributed by atoms with Gasteiger partial charge in [-0.2, -0.15) is 0 Å². The SMILES string of the molecule is COc1ccc(C(N)=O)c2c1OCC(NCCCc1c[nH]c3ccc(F)cc13)C2. The largest absolute Gasteiger partial charge is 0.493 e. The summed E-state index contributed by atoms with van der Waals surface area (Å²) in [6.07, 6.45) is 4.31. The summed E-state index contributed by atoms with van der Waals surface area (Å²) in [5.74, 6) is 0.507. The van der Waals surface area contributed by atoms with Crippen molar-refractivity contribution in [1.82, 2.24) is 10.3 Å². The molecule has 4 rings (SSSR count). The first-order chi connectivity index (χ1) is 14.1. The van der Waals surface area contributed by atoms with Crippen molar-refractivity contribution in [3.63, 3.8) is 0 Å². The lowest BCUT2D eigenvalue weighted by Crippen LogP contribution is -2.40. The van der Waals surface area contributed by atoms with Crippen molar-refractivity contribution in [1.29, 1.82) is 0 Å². The quantitative estimate of drug-likeness (QED) is 0.535. The summed E-state index contributed by atoms with van der Waals surface area (Å²) in [7, 11) is 1.57. The van der Waals surface area contributed by atoms with Crippen molar-refractivity contribution in [2.24, 2.45) is 5.73 Å². The van der Waals surface area contributed by atoms with Crippen LogP contribution in [0.5, 0.6) is 11.5 Å². The Kier molecular flexibility index (Phi) is 5.40. The first kappa shape index (κ1) is 19.3. The van der Waals surface area contributed by atoms with Gasteiger partial charge in [0, 0.05) is 34.3 Å². The van der Waals surface area contributed by atoms with Gasteiger partial charge < -0.3 is 25.5 Å². The van der Waals surface area contributed by atoms with Crippen molar-refractivity contribution in [2.45, 2.75) is 25.3 Å². The third kappa shape index (κ3) is 3.91. The maximum atomic E-state index is 13.5. The van der Waals surface area contributed by atoms with Gasteiger partial charge in [0.25, 0.3) is 0 Å². The summed E-state index contributed by atoms with van der Waals surface area (Å²) in [5.41, 5.74) is 8.82. The molecule has 0 fully saturated rings. The van der Waals surface area contributed by atoms with E-state index in [4.69, 9.17) is 15.2 Å². The Hall–Kier alpha value is -3.06. The Morgan fingerprint density at radius 3 is 3.03 bits per heavy atom. The topological polar surface area (TPSA) is 89.4 Å². The molecule has 0 bridgehead atoms. The number of aryl methyl sites for hydroxylation is 1. The molecule has 1 unspecified atom stereocenters. The number of hydrogen-bond donors (Lipinski definition) is 3. The fourth-order valence-electron chi connectivity index (χ4n) is 3.92. The number of rotatable bonds is 7. The van der Waals surface area contributed by atoms with Crippen molar-refractivity contribution >= 4 is 16.8 Å². The number of nitrogens with two attached hydrogens (primary N) is 1. The Labute approximate surface area is 168 Å². The molecule has 2 heterocycles. The highest BCUT2D eigenvalue weighted by Crippen LogP contribution is 2.37. The van der Waals surface area contributed by atoms with Crippen LogP contribution in [-0.2, 0) is 12.8 Å². The molecule has 1 aromatic heterocycles. The van der Waals surface area contributed by atoms with Crippen molar-refractivity contribution in [2.75, 3.05) is 20.3 Å². The molecule has 4 N–H and O–H groups in total. The zero-order valence-corrected chi connectivity index (χ0v) is 16.3. The highest BCUT2D eigenvalue weighted by Gasteiger charge is 2.26. The number of methoxy groups -OCH3 is 1. The second-order valence-electron chi connectivity index (χ2n) is 7.26. The summed E-state index contributed by atoms with van der Waals surface area (Å²) < 4.78 is 24.7. The maximum absolute atomic E-state index is 13.5. The predicted molar refractivity (Wildman–Crippen MR) is 109 cm³/mol. The van der Waals surface area contributed by atoms with E-state index >= 15 is 0 Å². The molecule has 2 aromatic carbocycles. The zero-order chi connectivity index (χ0) is 20.4. The van der Waals surface area contributed by atoms with E-state index in [0.717, 1.165) is 41.4 Å². The number of halogens is 1. The molecule has 0 aliphatic carbocycles. The number of amides is 1. The predicted octanol–water partition coefficient (Wildman–Crippen LogP) is 2.94. The molecule has 6 nitrogen and oxygen atoms in total. The van der Waals surface area contributed by atoms with Gasteiger partial charge in [0.1, 0.15) is 12.4 Å². The lowest BCUT2D eigenvalue weighted by atomic mass is 9.96. The maximum Gasteiger partial charge on any atom is 0.249 e. The average molecular weight is 397 g/mol. The molecule has 0 saturated carbocycles. The minimum atomic E-state index is -0.472. The van der Waals surface area contributed by atoms with Gasteiger partial charge in [-0.3, -0.25) is 4.79 Å². The van der Waals surface area contributed by atoms with Gasteiger partial charge in [0.15, 0.2) is 11.5 Å². The van der Waals surface area contributed by atoms with Gasteiger partial charge in [-0.1, -0.05) is 0 Å². The molecular formula is C22H24FN3O3. The number of H-pyrrole nitrogens is 1. The van der Waals surface area contributed by atoms with Crippen LogP contribution >= 0.6 is 0 Å². The highest BCUT2D eigenvalue weighted by atomic mass is 19.1. The number of hydrogen-bond acceptors (Lipinski definition) is 4. The molecule has 152 valence electrons. The standard InChI is InChI=1S/C22H24FN3O3/c1-28-20-7-5-16(22(24)27)18-10-15(12-29-21(18)20)25-8-2-3-13-11-26-19-6-4-14(23)9-17(13)19/h4-7,9,11,15,25-26H,2-3,8,10,12H2,1H3,(H2,24,27). The summed E-state index contributed by atoms with van der Waals surface area (Å²) in [6.45, 7) is 1.27. The Bertz CT molecular complexity index is 1050. The minimum absolute atomic E-state index is 0.0770. The van der Waals surface area contributed by atoms with E-state index in [2.05, 4.69) is 10.3 Å². The number of primary amides is 1. The van der Waals surface area contributed by atoms with Gasteiger partial charge in [0.2, 0.25) is 5.91 Å². The number of aromatic amines is 1. The molecule has 1 amide bonds. The van der Waals surface area contributed by atoms with Crippen LogP contribution in [0.15, 0.2) is 36.5 Å². The van der Waals surface area contributed by atoms with Crippen molar-refractivity contribution in [3.05, 3.63) is 59.0 Å². The van der Waals surface area contributed by atoms with Crippen LogP contribution < -0.4 is 20.5 Å². The molecule has 29 heavy (non-hydrogen) atoms. The monoisotopic (exact) mass is 397 g/mol. The third-order valence-electron chi connectivity index (χ3n) is 5.37. The third-order valence-corrected chi connectivity index (χ3v) is 5.37. The van der Waals surface area contributed by atoms with Crippen LogP contribution in [0.1, 0.15) is 27.9 Å². The lowest BCUT2D eigenvalue weighted by Gasteiger charge is -2.28. The minimum Gasteiger partial charge on any atom is -0.493 e. The van der Waals surface area contributed by atoms with Crippen LogP contribution in [0.25, 0.3) is 10.9 Å². The fraction of sp³-hybridized carbons (Fsp3) is 0.318. The van der Waals surface area contributed by atoms with E-state index in [1.165, 1.54) is 6.07 Å². The zero-order valence-electron chi connectivity index (χ0n) is 16.3. The number of benzene rings is 2. The normalized spacial score (nSPS) is 15.7. The average Bonchev–Trinajstić information content (AvgIpc) is 3.12. The van der Waals surface area contributed by atoms with E-state index in [0.29, 0.717) is 30.1 Å². The van der Waals surface area contributed by atoms with Crippen LogP contribution in [0, 0.1) is 5.82 Å². The van der Waals surface area contributed by atoms with Crippen LogP contribution in [-0.4, -0.2) is 37.2 Å². The molecule has 0 saturated heterocycles. The van der Waals surface area contributed by atoms with Crippen molar-refractivity contribution in [3.8, 4) is 11.5 Å². The first-order valence-electron chi connectivity index (χ1n) is 9.68. The van der Waals surface area contributed by atoms with Gasteiger partial charge in [-0.15, -0.1) is 0 Å². The van der Waals surface area contributed by atoms with Gasteiger partial charge in [-0.25, -0.2) is 4.39 Å². The summed E-state index contributed by atoms with van der Waals surface area (Å²) in [5, 5.41) is 4.41. The molecule has 1 atom stereocenters. The van der Waals surface area contributed by atoms with Crippen LogP contribution in [0.4, 0.5) is 4.39 Å². The van der Waals surface area contributed by atoms with E-state index in [-0.39, 0.29) is 11.9 Å². The second kappa shape index (κ2) is 8.13. The smallest absolute Gasteiger partial charge is 0.249 e. The van der Waals surface area contributed by atoms with Crippen LogP contribution in [0.2, 0.25) is 0 Å². The number of carbonyl (C=O) groups is 1. The summed E-state index contributed by atoms with van der Waals surface area (Å²) >= 11 is 0. The Morgan fingerprint density at radius 1 is 1.38 bits per heavy atom. The van der Waals surface area contributed by atoms with E-state index < -0.39 is 5.91 Å². The molecule has 0 spiro atoms. The van der Waals surface area contributed by atoms with Gasteiger partial charge >= 0.3 is 0 Å². The van der Waals surface area contributed by atoms with Gasteiger partial charge in [0.05, 0.1) is 7.11 Å². The number of fused-ring (bicyclic) bond motifs is 2. The Morgan fingerprint density at radius 2 is 2.24 bits per heavy atom. The highest BCUT2D eigenvalue weighted by molar-refractivity contribution is 5.95. The number of carbonyl (C=O) groups excluding carboxylic acids is 1. The Balaban J connectivity index is 1.37. The fourth-order valence-corrected chi connectivity index (χ4v) is 3.92. The molecule has 3 aromatic rings. The van der Waals surface area contributed by atoms with E-state index in [1.54, 1.807) is 31.4 Å². The number of aromatic nitrogens is 1. The molecule has 0 radical (unpaired) electrons. The van der Waals surface area contributed by atoms with Gasteiger partial charge in [-0.05, 0) is 61.7 Å². The number of ether oxygens (including phenoxy) is 2. The van der Waals surface area contributed by atoms with E-state index in [1.807, 2.05) is 6.20 Å². The molecular weight excluding hydrogens is 373 g/mol. The molecule has 1 aliphatic rings. The molecule has 1 aliphatic heterocycles. The molecule has 7 heteroatoms. The summed E-state index contributed by atoms with van der Waals surface area (Å²) in [4.78, 5) is 15.0. The van der Waals surface area contributed by atoms with E-state index in [9.17, 15) is 9.18 Å².